The highest BCUT2D eigenvalue weighted by Crippen LogP contribution is 2.17. The minimum atomic E-state index is -0.568. The molecule has 0 atom stereocenters. The quantitative estimate of drug-likeness (QED) is 0.883. The summed E-state index contributed by atoms with van der Waals surface area (Å²) in [4.78, 5) is 0. The lowest BCUT2D eigenvalue weighted by Crippen LogP contribution is -2.36. The molecule has 0 aliphatic carbocycles. The van der Waals surface area contributed by atoms with Crippen molar-refractivity contribution >= 4 is 10.8 Å². The van der Waals surface area contributed by atoms with E-state index in [9.17, 15) is 4.21 Å². The van der Waals surface area contributed by atoms with Crippen molar-refractivity contribution in [1.29, 1.82) is 0 Å². The summed E-state index contributed by atoms with van der Waals surface area (Å²) in [5, 5.41) is 3.55. The predicted molar refractivity (Wildman–Crippen MR) is 75.6 cm³/mol. The van der Waals surface area contributed by atoms with Crippen LogP contribution in [0.2, 0.25) is 0 Å². The largest absolute Gasteiger partial charge is 0.496 e. The molecule has 0 saturated carbocycles. The van der Waals surface area contributed by atoms with E-state index in [-0.39, 0.29) is 0 Å². The van der Waals surface area contributed by atoms with Gasteiger partial charge in [0.25, 0.3) is 0 Å². The first-order chi connectivity index (χ1) is 8.79. The Kier molecular flexibility index (Phi) is 5.20. The van der Waals surface area contributed by atoms with Gasteiger partial charge in [-0.25, -0.2) is 0 Å². The van der Waals surface area contributed by atoms with Gasteiger partial charge in [-0.1, -0.05) is 18.2 Å². The lowest BCUT2D eigenvalue weighted by Gasteiger charge is -2.22. The van der Waals surface area contributed by atoms with Gasteiger partial charge in [0.1, 0.15) is 5.75 Å². The highest BCUT2D eigenvalue weighted by molar-refractivity contribution is 7.85. The highest BCUT2D eigenvalue weighted by atomic mass is 32.2. The van der Waals surface area contributed by atoms with Gasteiger partial charge < -0.3 is 10.1 Å². The molecule has 1 N–H and O–H groups in total. The Morgan fingerprint density at radius 1 is 1.33 bits per heavy atom. The number of hydrogen-bond acceptors (Lipinski definition) is 3. The summed E-state index contributed by atoms with van der Waals surface area (Å²) in [7, 11) is 1.14. The number of para-hydroxylation sites is 1. The van der Waals surface area contributed by atoms with Crippen molar-refractivity contribution < 1.29 is 8.95 Å². The molecule has 1 aliphatic rings. The van der Waals surface area contributed by atoms with E-state index in [1.807, 2.05) is 18.2 Å². The van der Waals surface area contributed by atoms with Crippen LogP contribution in [0.1, 0.15) is 18.4 Å². The molecule has 1 fully saturated rings. The van der Waals surface area contributed by atoms with Crippen molar-refractivity contribution in [3.8, 4) is 5.75 Å². The second-order valence-corrected chi connectivity index (χ2v) is 6.33. The molecule has 0 amide bonds. The molecular formula is C14H21NO2S. The molecule has 0 unspecified atom stereocenters. The summed E-state index contributed by atoms with van der Waals surface area (Å²) in [6, 6.07) is 8.68. The van der Waals surface area contributed by atoms with Crippen LogP contribution in [0.5, 0.6) is 5.75 Å². The fourth-order valence-electron chi connectivity index (χ4n) is 2.32. The van der Waals surface area contributed by atoms with Crippen LogP contribution in [0.15, 0.2) is 24.3 Å². The lowest BCUT2D eigenvalue weighted by atomic mass is 10.1. The average molecular weight is 267 g/mol. The standard InChI is InChI=1S/C14H21NO2S/c1-17-14-5-3-2-4-12(14)6-9-15-13-7-10-18(16)11-8-13/h2-5,13,15H,6-11H2,1H3. The summed E-state index contributed by atoms with van der Waals surface area (Å²) in [6.45, 7) is 0.956. The van der Waals surface area contributed by atoms with E-state index >= 15 is 0 Å². The zero-order valence-electron chi connectivity index (χ0n) is 10.9. The van der Waals surface area contributed by atoms with Crippen LogP contribution in [0, 0.1) is 0 Å². The maximum absolute atomic E-state index is 11.3. The van der Waals surface area contributed by atoms with Gasteiger partial charge in [-0.3, -0.25) is 4.21 Å². The van der Waals surface area contributed by atoms with Crippen LogP contribution in [0.3, 0.4) is 0 Å². The van der Waals surface area contributed by atoms with Crippen LogP contribution in [0.4, 0.5) is 0 Å². The molecule has 3 nitrogen and oxygen atoms in total. The molecule has 4 heteroatoms. The van der Waals surface area contributed by atoms with E-state index in [0.29, 0.717) is 6.04 Å². The van der Waals surface area contributed by atoms with Crippen molar-refractivity contribution in [2.75, 3.05) is 25.2 Å². The van der Waals surface area contributed by atoms with Crippen LogP contribution >= 0.6 is 0 Å². The number of methoxy groups -OCH3 is 1. The fraction of sp³-hybridized carbons (Fsp3) is 0.571. The van der Waals surface area contributed by atoms with Crippen LogP contribution < -0.4 is 10.1 Å². The Morgan fingerprint density at radius 3 is 2.78 bits per heavy atom. The molecule has 1 aromatic rings. The van der Waals surface area contributed by atoms with E-state index in [0.717, 1.165) is 43.1 Å². The smallest absolute Gasteiger partial charge is 0.122 e. The third-order valence-corrected chi connectivity index (χ3v) is 4.79. The Balaban J connectivity index is 1.76. The number of nitrogens with one attached hydrogen (secondary N) is 1. The van der Waals surface area contributed by atoms with Crippen molar-refractivity contribution in [2.45, 2.75) is 25.3 Å². The highest BCUT2D eigenvalue weighted by Gasteiger charge is 2.16. The van der Waals surface area contributed by atoms with E-state index in [2.05, 4.69) is 11.4 Å². The van der Waals surface area contributed by atoms with Gasteiger partial charge in [0.05, 0.1) is 7.11 Å². The first-order valence-corrected chi connectivity index (χ1v) is 7.98. The molecule has 0 aromatic heterocycles. The first-order valence-electron chi connectivity index (χ1n) is 6.50. The molecule has 2 rings (SSSR count). The lowest BCUT2D eigenvalue weighted by molar-refractivity contribution is 0.407. The van der Waals surface area contributed by atoms with Gasteiger partial charge in [0, 0.05) is 28.3 Å². The molecule has 0 radical (unpaired) electrons. The summed E-state index contributed by atoms with van der Waals surface area (Å²) >= 11 is 0. The minimum Gasteiger partial charge on any atom is -0.496 e. The Labute approximate surface area is 111 Å². The third kappa shape index (κ3) is 3.82. The molecule has 0 spiro atoms. The number of benzene rings is 1. The van der Waals surface area contributed by atoms with Gasteiger partial charge in [0.2, 0.25) is 0 Å². The second-order valence-electron chi connectivity index (χ2n) is 4.64. The zero-order chi connectivity index (χ0) is 12.8. The summed E-state index contributed by atoms with van der Waals surface area (Å²) < 4.78 is 16.6. The van der Waals surface area contributed by atoms with Crippen LogP contribution in [0.25, 0.3) is 0 Å². The Bertz CT molecular complexity index is 399. The monoisotopic (exact) mass is 267 g/mol. The number of ether oxygens (including phenoxy) is 1. The van der Waals surface area contributed by atoms with Gasteiger partial charge in [0.15, 0.2) is 0 Å². The number of rotatable bonds is 5. The maximum Gasteiger partial charge on any atom is 0.122 e. The topological polar surface area (TPSA) is 38.3 Å². The van der Waals surface area contributed by atoms with Crippen LogP contribution in [-0.4, -0.2) is 35.4 Å². The number of hydrogen-bond donors (Lipinski definition) is 1. The van der Waals surface area contributed by atoms with E-state index < -0.39 is 10.8 Å². The van der Waals surface area contributed by atoms with Gasteiger partial charge >= 0.3 is 0 Å². The summed E-state index contributed by atoms with van der Waals surface area (Å²) in [5.74, 6) is 2.67. The molecular weight excluding hydrogens is 246 g/mol. The third-order valence-electron chi connectivity index (χ3n) is 3.41. The normalized spacial score (nSPS) is 23.8. The summed E-state index contributed by atoms with van der Waals surface area (Å²) in [5.41, 5.74) is 1.24. The molecule has 1 aromatic carbocycles. The zero-order valence-corrected chi connectivity index (χ0v) is 11.7. The van der Waals surface area contributed by atoms with Crippen molar-refractivity contribution in [3.63, 3.8) is 0 Å². The van der Waals surface area contributed by atoms with Gasteiger partial charge in [-0.05, 0) is 37.4 Å². The van der Waals surface area contributed by atoms with Crippen molar-refractivity contribution in [1.82, 2.24) is 5.32 Å². The molecule has 1 saturated heterocycles. The van der Waals surface area contributed by atoms with E-state index in [1.165, 1.54) is 5.56 Å². The molecule has 1 heterocycles. The van der Waals surface area contributed by atoms with Crippen LogP contribution in [-0.2, 0) is 17.2 Å². The van der Waals surface area contributed by atoms with E-state index in [4.69, 9.17) is 4.74 Å². The SMILES string of the molecule is COc1ccccc1CCNC1CCS(=O)CC1. The fourth-order valence-corrected chi connectivity index (χ4v) is 3.62. The molecule has 100 valence electrons. The van der Waals surface area contributed by atoms with Crippen molar-refractivity contribution in [3.05, 3.63) is 29.8 Å². The Hall–Kier alpha value is -0.870. The minimum absolute atomic E-state index is 0.539. The molecule has 1 aliphatic heterocycles. The second kappa shape index (κ2) is 6.90. The average Bonchev–Trinajstić information content (AvgIpc) is 2.41. The molecule has 0 bridgehead atoms. The molecule has 18 heavy (non-hydrogen) atoms. The van der Waals surface area contributed by atoms with E-state index in [1.54, 1.807) is 7.11 Å². The first kappa shape index (κ1) is 13.6. The predicted octanol–water partition coefficient (Wildman–Crippen LogP) is 1.74. The van der Waals surface area contributed by atoms with Gasteiger partial charge in [-0.2, -0.15) is 0 Å². The Morgan fingerprint density at radius 2 is 2.06 bits per heavy atom. The van der Waals surface area contributed by atoms with Crippen molar-refractivity contribution in [2.24, 2.45) is 0 Å². The summed E-state index contributed by atoms with van der Waals surface area (Å²) in [6.07, 6.45) is 3.06. The maximum atomic E-state index is 11.3. The van der Waals surface area contributed by atoms with Gasteiger partial charge in [-0.15, -0.1) is 0 Å².